The van der Waals surface area contributed by atoms with Crippen LogP contribution in [0, 0.1) is 0 Å². The van der Waals surface area contributed by atoms with Crippen molar-refractivity contribution in [3.05, 3.63) is 53.6 Å². The van der Waals surface area contributed by atoms with Gasteiger partial charge in [0.1, 0.15) is 11.3 Å². The molecule has 0 unspecified atom stereocenters. The van der Waals surface area contributed by atoms with Crippen molar-refractivity contribution in [3.8, 4) is 5.75 Å². The summed E-state index contributed by atoms with van der Waals surface area (Å²) >= 11 is 1.64. The molecule has 0 bridgehead atoms. The molecule has 25 heavy (non-hydrogen) atoms. The van der Waals surface area contributed by atoms with Crippen molar-refractivity contribution >= 4 is 23.6 Å². The van der Waals surface area contributed by atoms with Crippen molar-refractivity contribution < 1.29 is 15.0 Å². The molecule has 136 valence electrons. The highest BCUT2D eigenvalue weighted by molar-refractivity contribution is 7.97. The molecule has 0 heterocycles. The molecule has 0 saturated heterocycles. The van der Waals surface area contributed by atoms with Crippen molar-refractivity contribution in [3.63, 3.8) is 0 Å². The highest BCUT2D eigenvalue weighted by Gasteiger charge is 2.09. The highest BCUT2D eigenvalue weighted by atomic mass is 32.2. The fourth-order valence-electron chi connectivity index (χ4n) is 2.05. The van der Waals surface area contributed by atoms with Crippen molar-refractivity contribution in [1.29, 1.82) is 0 Å². The van der Waals surface area contributed by atoms with Gasteiger partial charge in [0.2, 0.25) is 0 Å². The molecule has 4 N–H and O–H groups in total. The predicted octanol–water partition coefficient (Wildman–Crippen LogP) is 4.39. The second-order valence-electron chi connectivity index (χ2n) is 5.64. The molecule has 0 aliphatic rings. The van der Waals surface area contributed by atoms with Crippen LogP contribution in [-0.4, -0.2) is 29.3 Å². The molecule has 0 atom stereocenters. The van der Waals surface area contributed by atoms with Crippen molar-refractivity contribution in [1.82, 2.24) is 4.72 Å². The maximum atomic E-state index is 10.6. The third-order valence-electron chi connectivity index (χ3n) is 3.23. The number of anilines is 1. The van der Waals surface area contributed by atoms with Gasteiger partial charge in [-0.05, 0) is 69.1 Å². The zero-order valence-electron chi connectivity index (χ0n) is 15.0. The van der Waals surface area contributed by atoms with Gasteiger partial charge in [-0.1, -0.05) is 19.1 Å². The maximum absolute atomic E-state index is 10.6. The smallest absolute Gasteiger partial charge is 0.339 e. The predicted molar refractivity (Wildman–Crippen MR) is 105 cm³/mol. The third-order valence-corrected chi connectivity index (χ3v) is 3.95. The Morgan fingerprint density at radius 1 is 1.16 bits per heavy atom. The van der Waals surface area contributed by atoms with Crippen LogP contribution in [0.15, 0.2) is 47.4 Å². The van der Waals surface area contributed by atoms with E-state index in [4.69, 9.17) is 5.11 Å². The average Bonchev–Trinajstić information content (AvgIpc) is 2.55. The fraction of sp³-hybridized carbons (Fsp3) is 0.316. The molecule has 2 aromatic rings. The quantitative estimate of drug-likeness (QED) is 0.571. The van der Waals surface area contributed by atoms with Gasteiger partial charge in [0.15, 0.2) is 0 Å². The van der Waals surface area contributed by atoms with Crippen molar-refractivity contribution in [2.75, 3.05) is 12.4 Å². The number of aromatic hydroxyl groups is 1. The van der Waals surface area contributed by atoms with Crippen LogP contribution in [0.3, 0.4) is 0 Å². The Balaban J connectivity index is 0.000000257. The Labute approximate surface area is 153 Å². The number of hydrogen-bond acceptors (Lipinski definition) is 5. The van der Waals surface area contributed by atoms with E-state index < -0.39 is 5.97 Å². The van der Waals surface area contributed by atoms with Gasteiger partial charge in [0.05, 0.1) is 0 Å². The minimum atomic E-state index is -1.13. The van der Waals surface area contributed by atoms with E-state index >= 15 is 0 Å². The second kappa shape index (κ2) is 10.6. The molecule has 2 aromatic carbocycles. The van der Waals surface area contributed by atoms with Gasteiger partial charge < -0.3 is 15.5 Å². The van der Waals surface area contributed by atoms with Crippen molar-refractivity contribution in [2.45, 2.75) is 38.1 Å². The van der Waals surface area contributed by atoms with Gasteiger partial charge in [0.25, 0.3) is 0 Å². The molecule has 0 fully saturated rings. The Bertz CT molecular complexity index is 673. The van der Waals surface area contributed by atoms with Gasteiger partial charge in [-0.25, -0.2) is 4.79 Å². The first-order chi connectivity index (χ1) is 11.9. The maximum Gasteiger partial charge on any atom is 0.339 e. The van der Waals surface area contributed by atoms with E-state index in [0.717, 1.165) is 6.42 Å². The molecule has 6 heteroatoms. The van der Waals surface area contributed by atoms with Gasteiger partial charge in [-0.2, -0.15) is 0 Å². The Morgan fingerprint density at radius 2 is 1.80 bits per heavy atom. The summed E-state index contributed by atoms with van der Waals surface area (Å²) in [6.45, 7) is 6.09. The lowest BCUT2D eigenvalue weighted by Gasteiger charge is -2.10. The first-order valence-corrected chi connectivity index (χ1v) is 8.94. The minimum absolute atomic E-state index is 0.0840. The van der Waals surface area contributed by atoms with Crippen LogP contribution in [0.4, 0.5) is 5.69 Å². The first kappa shape index (κ1) is 20.9. The summed E-state index contributed by atoms with van der Waals surface area (Å²) in [6, 6.07) is 13.3. The number of rotatable bonds is 6. The summed E-state index contributed by atoms with van der Waals surface area (Å²) in [5, 5.41) is 21.1. The number of nitrogens with one attached hydrogen (secondary N) is 2. The van der Waals surface area contributed by atoms with E-state index in [1.807, 2.05) is 20.9 Å². The Kier molecular flexibility index (Phi) is 8.88. The van der Waals surface area contributed by atoms with E-state index in [1.165, 1.54) is 22.6 Å². The number of aromatic carboxylic acids is 1. The SMILES string of the molecule is CC(C)Nc1ccc(C(=O)O)c(O)c1.CCc1ccc(SNC)cc1. The van der Waals surface area contributed by atoms with E-state index in [9.17, 15) is 9.90 Å². The zero-order chi connectivity index (χ0) is 18.8. The summed E-state index contributed by atoms with van der Waals surface area (Å²) in [5.41, 5.74) is 2.02. The van der Waals surface area contributed by atoms with Crippen LogP contribution in [0.25, 0.3) is 0 Å². The van der Waals surface area contributed by atoms with E-state index in [2.05, 4.69) is 41.2 Å². The monoisotopic (exact) mass is 362 g/mol. The summed E-state index contributed by atoms with van der Waals surface area (Å²) < 4.78 is 3.04. The van der Waals surface area contributed by atoms with Gasteiger partial charge in [-0.15, -0.1) is 0 Å². The van der Waals surface area contributed by atoms with Crippen LogP contribution >= 0.6 is 11.9 Å². The minimum Gasteiger partial charge on any atom is -0.507 e. The number of phenols is 1. The van der Waals surface area contributed by atoms with Gasteiger partial charge in [-0.3, -0.25) is 4.72 Å². The Morgan fingerprint density at radius 3 is 2.24 bits per heavy atom. The molecular weight excluding hydrogens is 336 g/mol. The largest absolute Gasteiger partial charge is 0.507 e. The normalized spacial score (nSPS) is 10.1. The van der Waals surface area contributed by atoms with Gasteiger partial charge >= 0.3 is 5.97 Å². The lowest BCUT2D eigenvalue weighted by Crippen LogP contribution is -2.09. The molecule has 0 aliphatic heterocycles. The molecule has 0 amide bonds. The lowest BCUT2D eigenvalue weighted by molar-refractivity contribution is 0.0694. The molecule has 0 spiro atoms. The van der Waals surface area contributed by atoms with E-state index in [1.54, 1.807) is 18.0 Å². The standard InChI is InChI=1S/C10H13NO3.C9H13NS/c1-6(2)11-7-3-4-8(10(13)14)9(12)5-7;1-3-8-4-6-9(7-5-8)11-10-2/h3-6,11-12H,1-2H3,(H,13,14);4-7,10H,3H2,1-2H3. The molecule has 0 aromatic heterocycles. The number of carbonyl (C=O) groups is 1. The molecule has 2 rings (SSSR count). The molecule has 0 saturated carbocycles. The van der Waals surface area contributed by atoms with Crippen LogP contribution < -0.4 is 10.0 Å². The number of aryl methyl sites for hydroxylation is 1. The van der Waals surface area contributed by atoms with E-state index in [-0.39, 0.29) is 17.4 Å². The summed E-state index contributed by atoms with van der Waals surface area (Å²) in [6.07, 6.45) is 1.12. The lowest BCUT2D eigenvalue weighted by atomic mass is 10.2. The summed E-state index contributed by atoms with van der Waals surface area (Å²) in [5.74, 6) is -1.35. The molecule has 0 aliphatic carbocycles. The zero-order valence-corrected chi connectivity index (χ0v) is 15.9. The average molecular weight is 362 g/mol. The fourth-order valence-corrected chi connectivity index (χ4v) is 2.55. The number of carboxylic acids is 1. The first-order valence-electron chi connectivity index (χ1n) is 8.12. The molecule has 5 nitrogen and oxygen atoms in total. The highest BCUT2D eigenvalue weighted by Crippen LogP contribution is 2.22. The summed E-state index contributed by atoms with van der Waals surface area (Å²) in [7, 11) is 1.93. The molecule has 0 radical (unpaired) electrons. The number of carboxylic acid groups (broad SMARTS) is 1. The Hall–Kier alpha value is -2.18. The molecular formula is C19H26N2O3S. The van der Waals surface area contributed by atoms with Crippen LogP contribution in [0.1, 0.15) is 36.7 Å². The third kappa shape index (κ3) is 7.49. The van der Waals surface area contributed by atoms with E-state index in [0.29, 0.717) is 5.69 Å². The number of hydrogen-bond donors (Lipinski definition) is 4. The van der Waals surface area contributed by atoms with Gasteiger partial charge in [0, 0.05) is 22.7 Å². The number of benzene rings is 2. The second-order valence-corrected chi connectivity index (χ2v) is 6.72. The topological polar surface area (TPSA) is 81.6 Å². The summed E-state index contributed by atoms with van der Waals surface area (Å²) in [4.78, 5) is 11.8. The van der Waals surface area contributed by atoms with Crippen molar-refractivity contribution in [2.24, 2.45) is 0 Å². The van der Waals surface area contributed by atoms with Crippen LogP contribution in [0.5, 0.6) is 5.75 Å². The van der Waals surface area contributed by atoms with Crippen LogP contribution in [0.2, 0.25) is 0 Å². The van der Waals surface area contributed by atoms with Crippen LogP contribution in [-0.2, 0) is 6.42 Å².